The van der Waals surface area contributed by atoms with Crippen LogP contribution in [0.2, 0.25) is 5.02 Å². The molecule has 0 saturated carbocycles. The summed E-state index contributed by atoms with van der Waals surface area (Å²) in [7, 11) is 0. The molecule has 2 aliphatic heterocycles. The lowest BCUT2D eigenvalue weighted by Gasteiger charge is -2.13. The highest BCUT2D eigenvalue weighted by Gasteiger charge is 2.32. The van der Waals surface area contributed by atoms with Crippen LogP contribution in [0.3, 0.4) is 0 Å². The monoisotopic (exact) mass is 366 g/mol. The summed E-state index contributed by atoms with van der Waals surface area (Å²) in [6, 6.07) is 8.30. The van der Waals surface area contributed by atoms with Crippen LogP contribution in [0, 0.1) is 5.82 Å². The van der Waals surface area contributed by atoms with Crippen molar-refractivity contribution in [3.8, 4) is 11.3 Å². The van der Waals surface area contributed by atoms with E-state index >= 15 is 0 Å². The Morgan fingerprint density at radius 2 is 2.15 bits per heavy atom. The third kappa shape index (κ3) is 2.80. The standard InChI is InChI=1S/C20H14ClFN3O/c1-12(26)18-10-24-19-7-5-14(11-25(18)19)15-3-2-8-23-20(15)13-4-6-17(22)16(21)9-13/h2-11,19H,1H3/q+1. The summed E-state index contributed by atoms with van der Waals surface area (Å²) in [5, 5.41) is 0.0486. The first kappa shape index (κ1) is 16.5. The number of hydrogen-bond acceptors (Lipinski definition) is 3. The Hall–Kier alpha value is -2.92. The van der Waals surface area contributed by atoms with Gasteiger partial charge >= 0.3 is 0 Å². The highest BCUT2D eigenvalue weighted by Crippen LogP contribution is 2.32. The van der Waals surface area contributed by atoms with Crippen LogP contribution in [0.25, 0.3) is 16.8 Å². The molecule has 0 spiro atoms. The zero-order valence-electron chi connectivity index (χ0n) is 13.9. The minimum absolute atomic E-state index is 0.0427. The van der Waals surface area contributed by atoms with Crippen LogP contribution in [0.15, 0.2) is 59.9 Å². The van der Waals surface area contributed by atoms with Crippen LogP contribution in [0.1, 0.15) is 12.5 Å². The average molecular weight is 367 g/mol. The average Bonchev–Trinajstić information content (AvgIpc) is 3.07. The van der Waals surface area contributed by atoms with Crippen molar-refractivity contribution in [2.24, 2.45) is 4.99 Å². The zero-order chi connectivity index (χ0) is 18.3. The molecule has 0 bridgehead atoms. The molecule has 1 atom stereocenters. The van der Waals surface area contributed by atoms with E-state index in [1.807, 2.05) is 35.1 Å². The molecule has 1 aromatic heterocycles. The first-order valence-corrected chi connectivity index (χ1v) is 8.42. The van der Waals surface area contributed by atoms with Crippen molar-refractivity contribution in [2.75, 3.05) is 0 Å². The zero-order valence-corrected chi connectivity index (χ0v) is 14.6. The van der Waals surface area contributed by atoms with Gasteiger partial charge in [-0.2, -0.15) is 4.58 Å². The number of Topliss-reactive ketones (excluding diaryl/α,β-unsaturated/α-hetero) is 1. The van der Waals surface area contributed by atoms with E-state index in [2.05, 4.69) is 9.98 Å². The number of allylic oxidation sites excluding steroid dienone is 2. The van der Waals surface area contributed by atoms with Crippen molar-refractivity contribution in [3.05, 3.63) is 71.3 Å². The minimum Gasteiger partial charge on any atom is -0.288 e. The second-order valence-corrected chi connectivity index (χ2v) is 6.42. The summed E-state index contributed by atoms with van der Waals surface area (Å²) in [4.78, 5) is 20.6. The maximum absolute atomic E-state index is 13.5. The predicted octanol–water partition coefficient (Wildman–Crippen LogP) is 3.90. The second kappa shape index (κ2) is 6.42. The Labute approximate surface area is 154 Å². The van der Waals surface area contributed by atoms with Crippen LogP contribution < -0.4 is 0 Å². The van der Waals surface area contributed by atoms with Gasteiger partial charge in [0, 0.05) is 35.9 Å². The van der Waals surface area contributed by atoms with Gasteiger partial charge in [-0.05, 0) is 30.3 Å². The third-order valence-corrected chi connectivity index (χ3v) is 4.60. The Morgan fingerprint density at radius 1 is 1.31 bits per heavy atom. The molecule has 4 nitrogen and oxygen atoms in total. The molecule has 1 aromatic carbocycles. The topological polar surface area (TPSA) is 45.3 Å². The minimum atomic E-state index is -0.470. The lowest BCUT2D eigenvalue weighted by Crippen LogP contribution is -2.26. The second-order valence-electron chi connectivity index (χ2n) is 6.01. The van der Waals surface area contributed by atoms with E-state index in [9.17, 15) is 9.18 Å². The third-order valence-electron chi connectivity index (χ3n) is 4.31. The number of halogens is 2. The number of benzene rings is 1. The van der Waals surface area contributed by atoms with E-state index in [-0.39, 0.29) is 17.0 Å². The first-order chi connectivity index (χ1) is 12.5. The molecule has 6 heteroatoms. The number of fused-ring (bicyclic) bond motifs is 1. The van der Waals surface area contributed by atoms with E-state index in [0.29, 0.717) is 11.4 Å². The molecule has 2 aliphatic rings. The Balaban J connectivity index is 1.84. The van der Waals surface area contributed by atoms with Crippen molar-refractivity contribution in [2.45, 2.75) is 13.1 Å². The normalized spacial score (nSPS) is 18.1. The van der Waals surface area contributed by atoms with Gasteiger partial charge in [0.25, 0.3) is 11.9 Å². The van der Waals surface area contributed by atoms with Gasteiger partial charge in [0.05, 0.1) is 10.7 Å². The molecule has 4 rings (SSSR count). The summed E-state index contributed by atoms with van der Waals surface area (Å²) in [6.45, 7) is 1.52. The number of carbonyl (C=O) groups excluding carboxylic acids is 1. The molecule has 0 fully saturated rings. The van der Waals surface area contributed by atoms with Gasteiger partial charge in [-0.1, -0.05) is 17.7 Å². The summed E-state index contributed by atoms with van der Waals surface area (Å²) < 4.78 is 15.3. The maximum Gasteiger partial charge on any atom is 0.271 e. The summed E-state index contributed by atoms with van der Waals surface area (Å²) in [6.07, 6.45) is 8.85. The molecule has 128 valence electrons. The molecule has 0 saturated heterocycles. The Morgan fingerprint density at radius 3 is 2.92 bits per heavy atom. The molecule has 2 aromatic rings. The van der Waals surface area contributed by atoms with Crippen molar-refractivity contribution in [1.29, 1.82) is 0 Å². The molecule has 0 radical (unpaired) electrons. The predicted molar refractivity (Wildman–Crippen MR) is 100.0 cm³/mol. The van der Waals surface area contributed by atoms with Gasteiger partial charge in [0.2, 0.25) is 5.78 Å². The first-order valence-electron chi connectivity index (χ1n) is 8.05. The smallest absolute Gasteiger partial charge is 0.271 e. The van der Waals surface area contributed by atoms with E-state index in [1.54, 1.807) is 24.5 Å². The Kier molecular flexibility index (Phi) is 4.09. The number of carbonyl (C=O) groups is 1. The molecule has 0 aliphatic carbocycles. The molecule has 0 N–H and O–H groups in total. The van der Waals surface area contributed by atoms with Gasteiger partial charge < -0.3 is 0 Å². The van der Waals surface area contributed by atoms with Gasteiger partial charge in [-0.25, -0.2) is 9.38 Å². The van der Waals surface area contributed by atoms with Crippen LogP contribution >= 0.6 is 11.6 Å². The van der Waals surface area contributed by atoms with Gasteiger partial charge in [0.15, 0.2) is 6.20 Å². The molecular weight excluding hydrogens is 353 g/mol. The SMILES string of the molecule is CC(=O)C1=[N+]2C=C(c3cccnc3-c3ccc(F)c(Cl)c3)C=CC2N=C1. The number of nitrogens with zero attached hydrogens (tertiary/aromatic N) is 3. The highest BCUT2D eigenvalue weighted by atomic mass is 35.5. The van der Waals surface area contributed by atoms with Crippen molar-refractivity contribution < 1.29 is 13.8 Å². The number of aliphatic imine (C=N–C) groups is 1. The maximum atomic E-state index is 13.5. The molecule has 1 unspecified atom stereocenters. The fraction of sp³-hybridized carbons (Fsp3) is 0.100. The van der Waals surface area contributed by atoms with Gasteiger partial charge in [0.1, 0.15) is 12.0 Å². The van der Waals surface area contributed by atoms with Gasteiger partial charge in [-0.3, -0.25) is 9.78 Å². The lowest BCUT2D eigenvalue weighted by molar-refractivity contribution is -0.478. The highest BCUT2D eigenvalue weighted by molar-refractivity contribution is 6.59. The van der Waals surface area contributed by atoms with Crippen LogP contribution in [-0.4, -0.2) is 33.4 Å². The van der Waals surface area contributed by atoms with Crippen molar-refractivity contribution >= 4 is 34.9 Å². The van der Waals surface area contributed by atoms with Crippen LogP contribution in [0.5, 0.6) is 0 Å². The number of hydrogen-bond donors (Lipinski definition) is 0. The molecule has 0 amide bonds. The van der Waals surface area contributed by atoms with E-state index in [0.717, 1.165) is 16.7 Å². The summed E-state index contributed by atoms with van der Waals surface area (Å²) in [5.41, 5.74) is 3.70. The quantitative estimate of drug-likeness (QED) is 0.773. The van der Waals surface area contributed by atoms with E-state index in [1.165, 1.54) is 13.0 Å². The molecule has 26 heavy (non-hydrogen) atoms. The lowest BCUT2D eigenvalue weighted by atomic mass is 9.98. The number of ketones is 1. The summed E-state index contributed by atoms with van der Waals surface area (Å²) >= 11 is 5.93. The number of pyridine rings is 1. The van der Waals surface area contributed by atoms with Crippen molar-refractivity contribution in [1.82, 2.24) is 4.98 Å². The molecular formula is C20H14ClFN3O+. The number of aromatic nitrogens is 1. The van der Waals surface area contributed by atoms with E-state index < -0.39 is 5.82 Å². The summed E-state index contributed by atoms with van der Waals surface area (Å²) in [5.74, 6) is -0.513. The van der Waals surface area contributed by atoms with E-state index in [4.69, 9.17) is 11.6 Å². The fourth-order valence-corrected chi connectivity index (χ4v) is 3.22. The largest absolute Gasteiger partial charge is 0.288 e. The molecule has 3 heterocycles. The number of rotatable bonds is 3. The van der Waals surface area contributed by atoms with Crippen molar-refractivity contribution in [3.63, 3.8) is 0 Å². The van der Waals surface area contributed by atoms with Crippen LogP contribution in [-0.2, 0) is 4.79 Å². The fourth-order valence-electron chi connectivity index (χ4n) is 3.04. The Bertz CT molecular complexity index is 1050. The van der Waals surface area contributed by atoms with Crippen LogP contribution in [0.4, 0.5) is 4.39 Å². The van der Waals surface area contributed by atoms with Gasteiger partial charge in [-0.15, -0.1) is 0 Å².